The average molecular weight is 373 g/mol. The van der Waals surface area contributed by atoms with Crippen molar-refractivity contribution < 1.29 is 23.6 Å². The molecule has 0 radical (unpaired) electrons. The summed E-state index contributed by atoms with van der Waals surface area (Å²) in [6.45, 7) is 6.48. The van der Waals surface area contributed by atoms with E-state index in [-0.39, 0.29) is 18.0 Å². The van der Waals surface area contributed by atoms with Crippen LogP contribution in [0.3, 0.4) is 0 Å². The predicted octanol–water partition coefficient (Wildman–Crippen LogP) is 2.07. The SMILES string of the molecule is CCc1noc(C)c1C(=O)OCC(=O)NCC(=O)Nc1c(C)cccc1C. The molecule has 0 aliphatic heterocycles. The predicted molar refractivity (Wildman–Crippen MR) is 98.5 cm³/mol. The van der Waals surface area contributed by atoms with Gasteiger partial charge in [0, 0.05) is 5.69 Å². The van der Waals surface area contributed by atoms with E-state index in [1.807, 2.05) is 39.0 Å². The second-order valence-corrected chi connectivity index (χ2v) is 6.08. The molecule has 0 bridgehead atoms. The van der Waals surface area contributed by atoms with Crippen LogP contribution in [0, 0.1) is 20.8 Å². The van der Waals surface area contributed by atoms with Gasteiger partial charge >= 0.3 is 5.97 Å². The molecule has 0 aliphatic carbocycles. The van der Waals surface area contributed by atoms with E-state index in [4.69, 9.17) is 9.26 Å². The lowest BCUT2D eigenvalue weighted by atomic mass is 10.1. The number of para-hydroxylation sites is 1. The Morgan fingerprint density at radius 2 is 1.78 bits per heavy atom. The summed E-state index contributed by atoms with van der Waals surface area (Å²) in [6.07, 6.45) is 0.506. The Morgan fingerprint density at radius 1 is 1.11 bits per heavy atom. The molecule has 0 spiro atoms. The Labute approximate surface area is 157 Å². The minimum Gasteiger partial charge on any atom is -0.452 e. The van der Waals surface area contributed by atoms with Crippen molar-refractivity contribution in [2.45, 2.75) is 34.1 Å². The van der Waals surface area contributed by atoms with Gasteiger partial charge in [0.2, 0.25) is 5.91 Å². The Balaban J connectivity index is 1.81. The summed E-state index contributed by atoms with van der Waals surface area (Å²) < 4.78 is 9.94. The van der Waals surface area contributed by atoms with Gasteiger partial charge in [-0.1, -0.05) is 30.3 Å². The first-order chi connectivity index (χ1) is 12.8. The second kappa shape index (κ2) is 8.98. The molecule has 27 heavy (non-hydrogen) atoms. The van der Waals surface area contributed by atoms with E-state index >= 15 is 0 Å². The lowest BCUT2D eigenvalue weighted by molar-refractivity contribution is -0.126. The summed E-state index contributed by atoms with van der Waals surface area (Å²) in [5, 5.41) is 8.95. The van der Waals surface area contributed by atoms with Crippen molar-refractivity contribution in [3.63, 3.8) is 0 Å². The third-order valence-corrected chi connectivity index (χ3v) is 4.00. The molecule has 1 aromatic carbocycles. The molecule has 2 N–H and O–H groups in total. The van der Waals surface area contributed by atoms with E-state index in [2.05, 4.69) is 15.8 Å². The Hall–Kier alpha value is -3.16. The number of ether oxygens (including phenoxy) is 1. The van der Waals surface area contributed by atoms with Gasteiger partial charge in [0.25, 0.3) is 5.91 Å². The average Bonchev–Trinajstić information content (AvgIpc) is 3.02. The zero-order valence-electron chi connectivity index (χ0n) is 15.8. The number of carbonyl (C=O) groups is 3. The van der Waals surface area contributed by atoms with Crippen molar-refractivity contribution >= 4 is 23.5 Å². The lowest BCUT2D eigenvalue weighted by Gasteiger charge is -2.12. The summed E-state index contributed by atoms with van der Waals surface area (Å²) in [6, 6.07) is 5.67. The topological polar surface area (TPSA) is 111 Å². The zero-order valence-corrected chi connectivity index (χ0v) is 15.8. The monoisotopic (exact) mass is 373 g/mol. The highest BCUT2D eigenvalue weighted by Crippen LogP contribution is 2.19. The molecule has 8 nitrogen and oxygen atoms in total. The molecule has 2 rings (SSSR count). The number of rotatable bonds is 7. The largest absolute Gasteiger partial charge is 0.452 e. The number of hydrogen-bond acceptors (Lipinski definition) is 6. The number of aromatic nitrogens is 1. The number of benzene rings is 1. The number of anilines is 1. The van der Waals surface area contributed by atoms with Gasteiger partial charge in [-0.15, -0.1) is 0 Å². The molecule has 0 fully saturated rings. The molecule has 0 saturated heterocycles. The number of amides is 2. The van der Waals surface area contributed by atoms with Crippen LogP contribution in [-0.2, 0) is 20.7 Å². The minimum atomic E-state index is -0.680. The van der Waals surface area contributed by atoms with Gasteiger partial charge in [-0.05, 0) is 38.3 Å². The lowest BCUT2D eigenvalue weighted by Crippen LogP contribution is -2.35. The molecule has 0 unspecified atom stereocenters. The van der Waals surface area contributed by atoms with E-state index in [0.717, 1.165) is 16.8 Å². The van der Waals surface area contributed by atoms with Gasteiger partial charge in [0.15, 0.2) is 6.61 Å². The third-order valence-electron chi connectivity index (χ3n) is 4.00. The fourth-order valence-electron chi connectivity index (χ4n) is 2.55. The fourth-order valence-corrected chi connectivity index (χ4v) is 2.55. The maximum Gasteiger partial charge on any atom is 0.344 e. The van der Waals surface area contributed by atoms with Crippen LogP contribution in [0.15, 0.2) is 22.7 Å². The van der Waals surface area contributed by atoms with Crippen molar-refractivity contribution in [1.82, 2.24) is 10.5 Å². The summed E-state index contributed by atoms with van der Waals surface area (Å²) in [7, 11) is 0. The van der Waals surface area contributed by atoms with Crippen molar-refractivity contribution in [2.24, 2.45) is 0 Å². The van der Waals surface area contributed by atoms with Gasteiger partial charge in [-0.3, -0.25) is 9.59 Å². The van der Waals surface area contributed by atoms with E-state index in [0.29, 0.717) is 17.9 Å². The number of nitrogens with one attached hydrogen (secondary N) is 2. The third kappa shape index (κ3) is 5.16. The van der Waals surface area contributed by atoms with Crippen LogP contribution in [0.4, 0.5) is 5.69 Å². The van der Waals surface area contributed by atoms with Gasteiger partial charge in [-0.2, -0.15) is 0 Å². The quantitative estimate of drug-likeness (QED) is 0.719. The van der Waals surface area contributed by atoms with E-state index < -0.39 is 18.5 Å². The van der Waals surface area contributed by atoms with Crippen molar-refractivity contribution in [3.8, 4) is 0 Å². The zero-order chi connectivity index (χ0) is 20.0. The summed E-state index contributed by atoms with van der Waals surface area (Å²) in [4.78, 5) is 35.9. The number of nitrogens with zero attached hydrogens (tertiary/aromatic N) is 1. The van der Waals surface area contributed by atoms with Crippen molar-refractivity contribution in [1.29, 1.82) is 0 Å². The van der Waals surface area contributed by atoms with Gasteiger partial charge < -0.3 is 19.9 Å². The number of aryl methyl sites for hydroxylation is 4. The maximum atomic E-state index is 12.1. The normalized spacial score (nSPS) is 10.4. The molecule has 1 aromatic heterocycles. The Bertz CT molecular complexity index is 837. The van der Waals surface area contributed by atoms with E-state index in [1.165, 1.54) is 0 Å². The Kier molecular flexibility index (Phi) is 6.70. The number of esters is 1. The fraction of sp³-hybridized carbons (Fsp3) is 0.368. The first kappa shape index (κ1) is 20.2. The van der Waals surface area contributed by atoms with Crippen molar-refractivity contribution in [3.05, 3.63) is 46.3 Å². The van der Waals surface area contributed by atoms with Gasteiger partial charge in [0.05, 0.1) is 12.2 Å². The van der Waals surface area contributed by atoms with Crippen LogP contribution in [-0.4, -0.2) is 36.1 Å². The first-order valence-corrected chi connectivity index (χ1v) is 8.58. The van der Waals surface area contributed by atoms with E-state index in [9.17, 15) is 14.4 Å². The molecule has 2 amide bonds. The van der Waals surface area contributed by atoms with Crippen molar-refractivity contribution in [2.75, 3.05) is 18.5 Å². The molecular formula is C19H23N3O5. The molecule has 8 heteroatoms. The van der Waals surface area contributed by atoms with Crippen LogP contribution in [0.25, 0.3) is 0 Å². The molecule has 1 heterocycles. The summed E-state index contributed by atoms with van der Waals surface area (Å²) >= 11 is 0. The van der Waals surface area contributed by atoms with Crippen LogP contribution in [0.2, 0.25) is 0 Å². The summed E-state index contributed by atoms with van der Waals surface area (Å²) in [5.41, 5.74) is 3.29. The molecule has 0 aliphatic rings. The van der Waals surface area contributed by atoms with E-state index in [1.54, 1.807) is 6.92 Å². The maximum absolute atomic E-state index is 12.1. The first-order valence-electron chi connectivity index (χ1n) is 8.58. The van der Waals surface area contributed by atoms with Crippen LogP contribution < -0.4 is 10.6 Å². The molecule has 0 saturated carbocycles. The highest BCUT2D eigenvalue weighted by molar-refractivity contribution is 5.96. The second-order valence-electron chi connectivity index (χ2n) is 6.08. The molecule has 144 valence electrons. The molecule has 2 aromatic rings. The van der Waals surface area contributed by atoms with Gasteiger partial charge in [0.1, 0.15) is 11.3 Å². The van der Waals surface area contributed by atoms with Crippen LogP contribution in [0.1, 0.15) is 39.9 Å². The summed E-state index contributed by atoms with van der Waals surface area (Å²) in [5.74, 6) is -1.28. The highest BCUT2D eigenvalue weighted by Gasteiger charge is 2.21. The van der Waals surface area contributed by atoms with Crippen LogP contribution >= 0.6 is 0 Å². The minimum absolute atomic E-state index is 0.226. The van der Waals surface area contributed by atoms with Crippen LogP contribution in [0.5, 0.6) is 0 Å². The molecular weight excluding hydrogens is 350 g/mol. The Morgan fingerprint density at radius 3 is 2.41 bits per heavy atom. The smallest absolute Gasteiger partial charge is 0.344 e. The highest BCUT2D eigenvalue weighted by atomic mass is 16.5. The molecule has 0 atom stereocenters. The number of hydrogen-bond donors (Lipinski definition) is 2. The number of carbonyl (C=O) groups excluding carboxylic acids is 3. The standard InChI is InChI=1S/C19H23N3O5/c1-5-14-17(13(4)27-22-14)19(25)26-10-16(24)20-9-15(23)21-18-11(2)7-6-8-12(18)3/h6-8H,5,9-10H2,1-4H3,(H,20,24)(H,21,23). The van der Waals surface area contributed by atoms with Gasteiger partial charge in [-0.25, -0.2) is 4.79 Å².